The molecule has 204 valence electrons. The van der Waals surface area contributed by atoms with E-state index >= 15 is 0 Å². The molecule has 12 heteroatoms. The molecule has 0 aromatic heterocycles. The molecule has 6 atom stereocenters. The predicted octanol–water partition coefficient (Wildman–Crippen LogP) is -1.43. The van der Waals surface area contributed by atoms with Gasteiger partial charge < -0.3 is 26.2 Å². The first-order valence-corrected chi connectivity index (χ1v) is 12.3. The van der Waals surface area contributed by atoms with Crippen LogP contribution in [0.4, 0.5) is 5.69 Å². The molecule has 0 aliphatic heterocycles. The first-order chi connectivity index (χ1) is 17.6. The summed E-state index contributed by atoms with van der Waals surface area (Å²) in [6, 6.07) is 0.505. The third kappa shape index (κ3) is 3.81. The van der Waals surface area contributed by atoms with E-state index in [0.29, 0.717) is 11.3 Å². The topological polar surface area (TPSA) is 187 Å². The Morgan fingerprint density at radius 1 is 1.13 bits per heavy atom. The number of nitrogens with two attached hydrogens (primary N) is 1. The molecule has 2 unspecified atom stereocenters. The number of fused-ring (bicyclic) bond motifs is 3. The minimum Gasteiger partial charge on any atom is -0.507 e. The number of phenols is 1. The van der Waals surface area contributed by atoms with Crippen molar-refractivity contribution >= 4 is 40.6 Å². The van der Waals surface area contributed by atoms with Crippen molar-refractivity contribution in [3.63, 3.8) is 0 Å². The van der Waals surface area contributed by atoms with Crippen LogP contribution in [0.2, 0.25) is 0 Å². The van der Waals surface area contributed by atoms with E-state index in [2.05, 4.69) is 5.32 Å². The van der Waals surface area contributed by atoms with Crippen LogP contribution in [0.5, 0.6) is 5.75 Å². The lowest BCUT2D eigenvalue weighted by Gasteiger charge is -2.52. The van der Waals surface area contributed by atoms with E-state index in [1.807, 2.05) is 0 Å². The average molecular weight is 529 g/mol. The number of likely N-dealkylation sites (N-methyl/N-ethyl adjacent to an activating group) is 1. The number of nitrogens with zero attached hydrogens (tertiary/aromatic N) is 2. The Kier molecular flexibility index (Phi) is 6.69. The van der Waals surface area contributed by atoms with E-state index in [9.17, 15) is 39.0 Å². The van der Waals surface area contributed by atoms with Crippen molar-refractivity contribution in [2.45, 2.75) is 38.0 Å². The number of nitrogens with one attached hydrogen (secondary N) is 1. The van der Waals surface area contributed by atoms with Gasteiger partial charge in [0.25, 0.3) is 0 Å². The summed E-state index contributed by atoms with van der Waals surface area (Å²) in [6.07, 6.45) is 0.137. The zero-order valence-electron chi connectivity index (χ0n) is 21.9. The largest absolute Gasteiger partial charge is 0.507 e. The van der Waals surface area contributed by atoms with Crippen molar-refractivity contribution in [1.29, 1.82) is 0 Å². The molecule has 3 aliphatic carbocycles. The molecule has 0 radical (unpaired) electrons. The molecular weight excluding hydrogens is 496 g/mol. The molecule has 0 spiro atoms. The summed E-state index contributed by atoms with van der Waals surface area (Å²) in [7, 11) is 6.57. The number of amides is 2. The molecule has 4 rings (SSSR count). The van der Waals surface area contributed by atoms with Crippen molar-refractivity contribution in [3.05, 3.63) is 22.8 Å². The second kappa shape index (κ2) is 9.28. The maximum Gasteiger partial charge on any atom is 0.235 e. The van der Waals surface area contributed by atoms with E-state index in [-0.39, 0.29) is 36.4 Å². The summed E-state index contributed by atoms with van der Waals surface area (Å²) in [5.74, 6) is -11.3. The standard InChI is InChI=1S/C26H32N4O8/c1-10(31)28-9-12-8-15(29(2)3)13-6-11-7-14-19(30(4)5)22(34)18(25(27)37)24(36)26(14,38)23(35)16(11)21(33)17(13)20(12)32/h8,11,14,16,18-19,32,38H,6-7,9H2,1-5H3,(H2,27,37)(H,28,31)/t11-,14-,16?,18?,19-,26-/m0/s1. The van der Waals surface area contributed by atoms with E-state index in [0.717, 1.165) is 0 Å². The van der Waals surface area contributed by atoms with E-state index in [4.69, 9.17) is 5.73 Å². The van der Waals surface area contributed by atoms with Crippen molar-refractivity contribution in [2.75, 3.05) is 33.1 Å². The minimum absolute atomic E-state index is 0.0226. The fourth-order valence-corrected chi connectivity index (χ4v) is 6.46. The minimum atomic E-state index is -2.77. The first-order valence-electron chi connectivity index (χ1n) is 12.3. The summed E-state index contributed by atoms with van der Waals surface area (Å²) in [5.41, 5.74) is 3.81. The Morgan fingerprint density at radius 3 is 2.29 bits per heavy atom. The number of hydrogen-bond donors (Lipinski definition) is 4. The lowest BCUT2D eigenvalue weighted by atomic mass is 9.52. The van der Waals surface area contributed by atoms with Gasteiger partial charge in [0.2, 0.25) is 11.8 Å². The Bertz CT molecular complexity index is 1290. The van der Waals surface area contributed by atoms with Crippen LogP contribution in [-0.4, -0.2) is 89.9 Å². The molecule has 38 heavy (non-hydrogen) atoms. The van der Waals surface area contributed by atoms with Crippen molar-refractivity contribution in [3.8, 4) is 5.75 Å². The number of carbonyl (C=O) groups excluding carboxylic acids is 6. The summed E-state index contributed by atoms with van der Waals surface area (Å²) < 4.78 is 0. The van der Waals surface area contributed by atoms with Crippen LogP contribution in [0.15, 0.2) is 6.07 Å². The van der Waals surface area contributed by atoms with Gasteiger partial charge in [0.1, 0.15) is 5.75 Å². The molecule has 0 bridgehead atoms. The van der Waals surface area contributed by atoms with Crippen LogP contribution in [0.3, 0.4) is 0 Å². The van der Waals surface area contributed by atoms with Gasteiger partial charge in [-0.1, -0.05) is 0 Å². The first kappa shape index (κ1) is 27.4. The molecule has 2 saturated carbocycles. The van der Waals surface area contributed by atoms with Crippen LogP contribution >= 0.6 is 0 Å². The molecule has 2 fully saturated rings. The summed E-state index contributed by atoms with van der Waals surface area (Å²) in [4.78, 5) is 81.0. The molecular formula is C26H32N4O8. The van der Waals surface area contributed by atoms with E-state index in [1.165, 1.54) is 25.9 Å². The Morgan fingerprint density at radius 2 is 1.76 bits per heavy atom. The molecule has 12 nitrogen and oxygen atoms in total. The number of aliphatic hydroxyl groups is 1. The molecule has 5 N–H and O–H groups in total. The second-order valence-corrected chi connectivity index (χ2v) is 10.9. The van der Waals surface area contributed by atoms with Crippen LogP contribution in [0.1, 0.15) is 34.8 Å². The third-order valence-electron chi connectivity index (χ3n) is 8.13. The predicted molar refractivity (Wildman–Crippen MR) is 133 cm³/mol. The average Bonchev–Trinajstić information content (AvgIpc) is 2.80. The fraction of sp³-hybridized carbons (Fsp3) is 0.538. The van der Waals surface area contributed by atoms with Gasteiger partial charge in [-0.15, -0.1) is 0 Å². The highest BCUT2D eigenvalue weighted by Gasteiger charge is 2.69. The van der Waals surface area contributed by atoms with Gasteiger partial charge in [-0.05, 0) is 44.5 Å². The second-order valence-electron chi connectivity index (χ2n) is 10.9. The van der Waals surface area contributed by atoms with E-state index in [1.54, 1.807) is 25.1 Å². The van der Waals surface area contributed by atoms with Crippen LogP contribution < -0.4 is 16.0 Å². The smallest absolute Gasteiger partial charge is 0.235 e. The lowest BCUT2D eigenvalue weighted by molar-refractivity contribution is -0.181. The zero-order valence-corrected chi connectivity index (χ0v) is 21.9. The number of phenolic OH excluding ortho intramolecular Hbond substituents is 1. The van der Waals surface area contributed by atoms with Crippen molar-refractivity contribution < 1.29 is 39.0 Å². The summed E-state index contributed by atoms with van der Waals surface area (Å²) >= 11 is 0. The molecule has 0 heterocycles. The molecule has 3 aliphatic rings. The Hall–Kier alpha value is -3.64. The normalized spacial score (nSPS) is 30.4. The number of rotatable bonds is 5. The van der Waals surface area contributed by atoms with Gasteiger partial charge in [0.05, 0.1) is 17.5 Å². The number of Topliss-reactive ketones (excluding diaryl/α,β-unsaturated/α-hetero) is 4. The van der Waals surface area contributed by atoms with Gasteiger partial charge in [-0.2, -0.15) is 0 Å². The molecule has 1 aromatic carbocycles. The van der Waals surface area contributed by atoms with E-state index < -0.39 is 70.1 Å². The number of primary amides is 1. The molecule has 1 aromatic rings. The number of benzene rings is 1. The van der Waals surface area contributed by atoms with Gasteiger partial charge >= 0.3 is 0 Å². The SMILES string of the molecule is CC(=O)NCc1cc(N(C)C)c2c(c1O)C(=O)C1C(=O)[C@]3(O)C(=O)C(C(N)=O)C(=O)[C@@H](N(C)C)[C@@H]3C[C@@H]1C2. The zero-order chi connectivity index (χ0) is 28.4. The maximum atomic E-state index is 13.9. The van der Waals surface area contributed by atoms with Crippen molar-refractivity contribution in [1.82, 2.24) is 10.2 Å². The molecule has 0 saturated heterocycles. The number of anilines is 1. The lowest BCUT2D eigenvalue weighted by Crippen LogP contribution is -2.74. The highest BCUT2D eigenvalue weighted by atomic mass is 16.3. The number of ketones is 4. The maximum absolute atomic E-state index is 13.9. The highest BCUT2D eigenvalue weighted by molar-refractivity contribution is 6.32. The van der Waals surface area contributed by atoms with Gasteiger partial charge in [-0.25, -0.2) is 0 Å². The van der Waals surface area contributed by atoms with Crippen LogP contribution in [-0.2, 0) is 36.9 Å². The fourth-order valence-electron chi connectivity index (χ4n) is 6.46. The molecule has 2 amide bonds. The Labute approximate surface area is 219 Å². The van der Waals surface area contributed by atoms with Gasteiger partial charge in [0, 0.05) is 44.7 Å². The number of carbonyl (C=O) groups is 6. The monoisotopic (exact) mass is 528 g/mol. The van der Waals surface area contributed by atoms with Crippen LogP contribution in [0, 0.1) is 23.7 Å². The Balaban J connectivity index is 1.88. The van der Waals surface area contributed by atoms with Gasteiger partial charge in [-0.3, -0.25) is 33.7 Å². The third-order valence-corrected chi connectivity index (χ3v) is 8.13. The number of hydrogen-bond acceptors (Lipinski definition) is 10. The summed E-state index contributed by atoms with van der Waals surface area (Å²) in [6.45, 7) is 1.24. The quantitative estimate of drug-likeness (QED) is 0.330. The van der Waals surface area contributed by atoms with Crippen LogP contribution in [0.25, 0.3) is 0 Å². The number of aromatic hydroxyl groups is 1. The van der Waals surface area contributed by atoms with Crippen molar-refractivity contribution in [2.24, 2.45) is 29.4 Å². The van der Waals surface area contributed by atoms with Gasteiger partial charge in [0.15, 0.2) is 34.7 Å². The highest BCUT2D eigenvalue weighted by Crippen LogP contribution is 2.52. The summed E-state index contributed by atoms with van der Waals surface area (Å²) in [5, 5.41) is 25.3.